The van der Waals surface area contributed by atoms with Gasteiger partial charge in [0.25, 0.3) is 0 Å². The number of rotatable bonds is 4. The number of hydrogen-bond acceptors (Lipinski definition) is 2. The summed E-state index contributed by atoms with van der Waals surface area (Å²) in [7, 11) is 1.88. The number of amides is 1. The molecule has 0 bridgehead atoms. The highest BCUT2D eigenvalue weighted by Crippen LogP contribution is 2.45. The summed E-state index contributed by atoms with van der Waals surface area (Å²) in [6.07, 6.45) is 7.83. The van der Waals surface area contributed by atoms with Gasteiger partial charge in [-0.3, -0.25) is 9.79 Å². The highest BCUT2D eigenvalue weighted by molar-refractivity contribution is 5.88. The molecule has 0 unspecified atom stereocenters. The van der Waals surface area contributed by atoms with Gasteiger partial charge in [0, 0.05) is 39.3 Å². The largest absolute Gasteiger partial charge is 0.356 e. The van der Waals surface area contributed by atoms with Gasteiger partial charge in [0.15, 0.2) is 5.96 Å². The third kappa shape index (κ3) is 4.53. The van der Waals surface area contributed by atoms with Crippen LogP contribution in [0.15, 0.2) is 29.3 Å². The second kappa shape index (κ2) is 7.89. The molecule has 0 aromatic heterocycles. The molecule has 1 aromatic rings. The molecule has 2 N–H and O–H groups in total. The summed E-state index contributed by atoms with van der Waals surface area (Å²) >= 11 is 0. The van der Waals surface area contributed by atoms with Crippen molar-refractivity contribution in [3.8, 4) is 0 Å². The highest BCUT2D eigenvalue weighted by atomic mass is 16.1. The molecule has 1 saturated heterocycles. The first-order valence-corrected chi connectivity index (χ1v) is 9.42. The Morgan fingerprint density at radius 2 is 1.92 bits per heavy atom. The van der Waals surface area contributed by atoms with Crippen LogP contribution in [-0.2, 0) is 11.2 Å². The summed E-state index contributed by atoms with van der Waals surface area (Å²) in [4.78, 5) is 18.0. The fourth-order valence-electron chi connectivity index (χ4n) is 4.26. The number of aliphatic imine (C=N–C) groups is 1. The van der Waals surface area contributed by atoms with Crippen molar-refractivity contribution in [2.75, 3.05) is 32.0 Å². The number of hydrogen-bond donors (Lipinski definition) is 2. The number of anilines is 1. The maximum absolute atomic E-state index is 11.1. The van der Waals surface area contributed by atoms with E-state index in [4.69, 9.17) is 0 Å². The highest BCUT2D eigenvalue weighted by Gasteiger charge is 2.40. The molecule has 5 heteroatoms. The van der Waals surface area contributed by atoms with Crippen LogP contribution in [0.25, 0.3) is 0 Å². The van der Waals surface area contributed by atoms with Crippen molar-refractivity contribution in [3.05, 3.63) is 29.8 Å². The minimum atomic E-state index is -0.0381. The third-order valence-electron chi connectivity index (χ3n) is 5.58. The molecule has 25 heavy (non-hydrogen) atoms. The van der Waals surface area contributed by atoms with Crippen molar-refractivity contribution in [1.82, 2.24) is 10.2 Å². The van der Waals surface area contributed by atoms with Gasteiger partial charge >= 0.3 is 0 Å². The van der Waals surface area contributed by atoms with Crippen molar-refractivity contribution in [2.24, 2.45) is 10.4 Å². The molecular formula is C20H30N4O. The number of guanidine groups is 1. The van der Waals surface area contributed by atoms with E-state index in [1.165, 1.54) is 44.6 Å². The second-order valence-electron chi connectivity index (χ2n) is 7.48. The predicted octanol–water partition coefficient (Wildman–Crippen LogP) is 3.03. The van der Waals surface area contributed by atoms with Crippen LogP contribution in [0.3, 0.4) is 0 Å². The predicted molar refractivity (Wildman–Crippen MR) is 103 cm³/mol. The molecule has 2 fully saturated rings. The van der Waals surface area contributed by atoms with Crippen molar-refractivity contribution in [1.29, 1.82) is 0 Å². The Kier molecular flexibility index (Phi) is 5.61. The zero-order valence-corrected chi connectivity index (χ0v) is 15.5. The fraction of sp³-hybridized carbons (Fsp3) is 0.600. The number of likely N-dealkylation sites (tertiary alicyclic amines) is 1. The van der Waals surface area contributed by atoms with Gasteiger partial charge < -0.3 is 15.5 Å². The molecule has 3 rings (SSSR count). The van der Waals surface area contributed by atoms with Crippen LogP contribution in [-0.4, -0.2) is 43.4 Å². The Morgan fingerprint density at radius 3 is 2.56 bits per heavy atom. The van der Waals surface area contributed by atoms with Crippen molar-refractivity contribution >= 4 is 17.6 Å². The van der Waals surface area contributed by atoms with E-state index in [9.17, 15) is 4.79 Å². The Morgan fingerprint density at radius 1 is 1.20 bits per heavy atom. The molecule has 1 aromatic carbocycles. The van der Waals surface area contributed by atoms with Crippen molar-refractivity contribution < 1.29 is 4.79 Å². The molecule has 1 aliphatic heterocycles. The minimum Gasteiger partial charge on any atom is -0.356 e. The average molecular weight is 342 g/mol. The number of carbonyl (C=O) groups is 1. The SMILES string of the molecule is CN=C(NCCc1ccc(NC(C)=O)cc1)N1CCC2(CCCC2)C1. The summed E-state index contributed by atoms with van der Waals surface area (Å²) in [5.41, 5.74) is 2.67. The van der Waals surface area contributed by atoms with Gasteiger partial charge in [-0.05, 0) is 48.8 Å². The Bertz CT molecular complexity index is 617. The van der Waals surface area contributed by atoms with Gasteiger partial charge in [0.2, 0.25) is 5.91 Å². The van der Waals surface area contributed by atoms with Crippen LogP contribution in [0.5, 0.6) is 0 Å². The van der Waals surface area contributed by atoms with Gasteiger partial charge in [-0.2, -0.15) is 0 Å². The molecule has 1 aliphatic carbocycles. The van der Waals surface area contributed by atoms with Crippen molar-refractivity contribution in [3.63, 3.8) is 0 Å². The molecule has 1 spiro atoms. The first-order valence-electron chi connectivity index (χ1n) is 9.42. The quantitative estimate of drug-likeness (QED) is 0.653. The van der Waals surface area contributed by atoms with E-state index in [0.29, 0.717) is 5.41 Å². The smallest absolute Gasteiger partial charge is 0.221 e. The summed E-state index contributed by atoms with van der Waals surface area (Å²) in [6.45, 7) is 4.69. The van der Waals surface area contributed by atoms with E-state index in [-0.39, 0.29) is 5.91 Å². The molecule has 1 heterocycles. The van der Waals surface area contributed by atoms with Crippen LogP contribution < -0.4 is 10.6 Å². The fourth-order valence-corrected chi connectivity index (χ4v) is 4.26. The standard InChI is InChI=1S/C20H30N4O/c1-16(25)23-18-7-5-17(6-8-18)9-13-22-19(21-2)24-14-12-20(15-24)10-3-4-11-20/h5-8H,3-4,9-15H2,1-2H3,(H,21,22)(H,23,25). The Hall–Kier alpha value is -2.04. The first-order chi connectivity index (χ1) is 12.1. The number of benzene rings is 1. The van der Waals surface area contributed by atoms with Crippen LogP contribution in [0.2, 0.25) is 0 Å². The van der Waals surface area contributed by atoms with E-state index in [1.807, 2.05) is 19.2 Å². The monoisotopic (exact) mass is 342 g/mol. The van der Waals surface area contributed by atoms with Gasteiger partial charge in [-0.1, -0.05) is 25.0 Å². The van der Waals surface area contributed by atoms with Gasteiger partial charge in [-0.25, -0.2) is 0 Å². The molecule has 2 aliphatic rings. The lowest BCUT2D eigenvalue weighted by Gasteiger charge is -2.26. The van der Waals surface area contributed by atoms with E-state index < -0.39 is 0 Å². The molecular weight excluding hydrogens is 312 g/mol. The Labute approximate surface area is 150 Å². The molecule has 1 amide bonds. The Balaban J connectivity index is 1.46. The zero-order chi connectivity index (χ0) is 17.7. The van der Waals surface area contributed by atoms with E-state index in [0.717, 1.165) is 37.7 Å². The van der Waals surface area contributed by atoms with E-state index >= 15 is 0 Å². The second-order valence-corrected chi connectivity index (χ2v) is 7.48. The van der Waals surface area contributed by atoms with Gasteiger partial charge in [0.05, 0.1) is 0 Å². The van der Waals surface area contributed by atoms with Gasteiger partial charge in [0.1, 0.15) is 0 Å². The third-order valence-corrected chi connectivity index (χ3v) is 5.58. The minimum absolute atomic E-state index is 0.0381. The van der Waals surface area contributed by atoms with E-state index in [2.05, 4.69) is 32.7 Å². The summed E-state index contributed by atoms with van der Waals surface area (Å²) in [5.74, 6) is 1.00. The van der Waals surface area contributed by atoms with Crippen LogP contribution in [0.1, 0.15) is 44.6 Å². The molecule has 0 atom stereocenters. The zero-order valence-electron chi connectivity index (χ0n) is 15.5. The average Bonchev–Trinajstić information content (AvgIpc) is 3.23. The summed E-state index contributed by atoms with van der Waals surface area (Å²) < 4.78 is 0. The number of carbonyl (C=O) groups excluding carboxylic acids is 1. The van der Waals surface area contributed by atoms with E-state index in [1.54, 1.807) is 0 Å². The van der Waals surface area contributed by atoms with Crippen LogP contribution >= 0.6 is 0 Å². The van der Waals surface area contributed by atoms with Crippen LogP contribution in [0.4, 0.5) is 5.69 Å². The van der Waals surface area contributed by atoms with Gasteiger partial charge in [-0.15, -0.1) is 0 Å². The topological polar surface area (TPSA) is 56.7 Å². The lowest BCUT2D eigenvalue weighted by Crippen LogP contribution is -2.41. The lowest BCUT2D eigenvalue weighted by molar-refractivity contribution is -0.114. The molecule has 1 saturated carbocycles. The molecule has 0 radical (unpaired) electrons. The maximum Gasteiger partial charge on any atom is 0.221 e. The molecule has 5 nitrogen and oxygen atoms in total. The maximum atomic E-state index is 11.1. The van der Waals surface area contributed by atoms with Crippen LogP contribution in [0, 0.1) is 5.41 Å². The molecule has 136 valence electrons. The van der Waals surface area contributed by atoms with Crippen molar-refractivity contribution in [2.45, 2.75) is 45.4 Å². The number of nitrogens with zero attached hydrogens (tertiary/aromatic N) is 2. The summed E-state index contributed by atoms with van der Waals surface area (Å²) in [5, 5.41) is 6.32. The lowest BCUT2D eigenvalue weighted by atomic mass is 9.86. The first kappa shape index (κ1) is 17.8. The number of nitrogens with one attached hydrogen (secondary N) is 2. The summed E-state index contributed by atoms with van der Waals surface area (Å²) in [6, 6.07) is 8.05. The normalized spacial score (nSPS) is 19.4.